The minimum atomic E-state index is -0.446. The molecular weight excluding hydrogens is 258 g/mol. The third kappa shape index (κ3) is 2.61. The van der Waals surface area contributed by atoms with Gasteiger partial charge in [-0.2, -0.15) is 0 Å². The molecule has 0 saturated carbocycles. The SMILES string of the molecule is CCCCC1N=c2[nH]c(=O)n(C(=O)N(C)CC)c2=CN1. The number of hydrogen-bond donors (Lipinski definition) is 2. The average molecular weight is 279 g/mol. The zero-order chi connectivity index (χ0) is 14.7. The van der Waals surface area contributed by atoms with Gasteiger partial charge in [0.05, 0.1) is 0 Å². The van der Waals surface area contributed by atoms with Crippen molar-refractivity contribution in [2.24, 2.45) is 4.99 Å². The standard InChI is InChI=1S/C13H21N5O2/c1-4-6-7-10-14-8-9-11(15-10)16-12(19)18(9)13(20)17(3)5-2/h8,10,14H,4-7H2,1-3H3,(H,15,16,19). The quantitative estimate of drug-likeness (QED) is 0.785. The van der Waals surface area contributed by atoms with Crippen LogP contribution in [-0.4, -0.2) is 40.2 Å². The molecule has 0 bridgehead atoms. The van der Waals surface area contributed by atoms with Crippen LogP contribution in [0.1, 0.15) is 33.1 Å². The highest BCUT2D eigenvalue weighted by molar-refractivity contribution is 5.76. The van der Waals surface area contributed by atoms with Gasteiger partial charge in [-0.05, 0) is 19.8 Å². The lowest BCUT2D eigenvalue weighted by molar-refractivity contribution is 0.211. The second-order valence-corrected chi connectivity index (χ2v) is 4.89. The molecule has 2 N–H and O–H groups in total. The molecule has 0 fully saturated rings. The molecule has 1 aromatic heterocycles. The molecule has 2 heterocycles. The minimum Gasteiger partial charge on any atom is -0.368 e. The Kier molecular flexibility index (Phi) is 4.26. The molecule has 0 aromatic carbocycles. The van der Waals surface area contributed by atoms with Crippen molar-refractivity contribution in [2.75, 3.05) is 13.6 Å². The van der Waals surface area contributed by atoms with Crippen LogP contribution in [0.25, 0.3) is 6.20 Å². The maximum absolute atomic E-state index is 12.2. The van der Waals surface area contributed by atoms with Crippen LogP contribution in [0.15, 0.2) is 9.79 Å². The number of H-pyrrole nitrogens is 1. The lowest BCUT2D eigenvalue weighted by Gasteiger charge is -2.16. The van der Waals surface area contributed by atoms with Gasteiger partial charge in [-0.3, -0.25) is 4.98 Å². The molecule has 2 rings (SSSR count). The molecule has 7 heteroatoms. The molecule has 1 aliphatic rings. The Morgan fingerprint density at radius 3 is 2.90 bits per heavy atom. The Bertz CT molecular complexity index is 657. The topological polar surface area (TPSA) is 82.5 Å². The molecular formula is C13H21N5O2. The van der Waals surface area contributed by atoms with Crippen molar-refractivity contribution in [3.05, 3.63) is 21.3 Å². The normalized spacial score (nSPS) is 16.6. The predicted molar refractivity (Wildman–Crippen MR) is 75.8 cm³/mol. The van der Waals surface area contributed by atoms with Crippen LogP contribution in [0, 0.1) is 0 Å². The number of nitrogens with one attached hydrogen (secondary N) is 2. The fourth-order valence-electron chi connectivity index (χ4n) is 2.08. The number of nitrogens with zero attached hydrogens (tertiary/aromatic N) is 3. The van der Waals surface area contributed by atoms with E-state index in [0.29, 0.717) is 17.4 Å². The van der Waals surface area contributed by atoms with Gasteiger partial charge in [0.2, 0.25) is 0 Å². The van der Waals surface area contributed by atoms with E-state index < -0.39 is 5.69 Å². The highest BCUT2D eigenvalue weighted by Gasteiger charge is 2.18. The molecule has 1 amide bonds. The van der Waals surface area contributed by atoms with Gasteiger partial charge < -0.3 is 10.2 Å². The summed E-state index contributed by atoms with van der Waals surface area (Å²) in [5.74, 6) is 0. The molecule has 20 heavy (non-hydrogen) atoms. The number of hydrogen-bond acceptors (Lipinski definition) is 4. The van der Waals surface area contributed by atoms with E-state index >= 15 is 0 Å². The van der Waals surface area contributed by atoms with E-state index in [-0.39, 0.29) is 12.2 Å². The Morgan fingerprint density at radius 1 is 1.50 bits per heavy atom. The van der Waals surface area contributed by atoms with Crippen LogP contribution in [0.4, 0.5) is 4.79 Å². The first-order valence-electron chi connectivity index (χ1n) is 6.99. The number of rotatable bonds is 4. The molecule has 0 saturated heterocycles. The van der Waals surface area contributed by atoms with Crippen molar-refractivity contribution in [3.63, 3.8) is 0 Å². The molecule has 1 unspecified atom stereocenters. The van der Waals surface area contributed by atoms with Crippen LogP contribution >= 0.6 is 0 Å². The maximum atomic E-state index is 12.2. The molecule has 1 aromatic rings. The number of amides is 1. The fourth-order valence-corrected chi connectivity index (χ4v) is 2.08. The van der Waals surface area contributed by atoms with Crippen LogP contribution in [0.2, 0.25) is 0 Å². The van der Waals surface area contributed by atoms with E-state index in [4.69, 9.17) is 0 Å². The first-order chi connectivity index (χ1) is 9.58. The summed E-state index contributed by atoms with van der Waals surface area (Å²) in [5, 5.41) is 3.63. The van der Waals surface area contributed by atoms with Gasteiger partial charge in [-0.25, -0.2) is 19.1 Å². The van der Waals surface area contributed by atoms with Crippen molar-refractivity contribution in [3.8, 4) is 0 Å². The number of carbonyl (C=O) groups excluding carboxylic acids is 1. The monoisotopic (exact) mass is 279 g/mol. The van der Waals surface area contributed by atoms with Crippen LogP contribution in [-0.2, 0) is 0 Å². The summed E-state index contributed by atoms with van der Waals surface area (Å²) in [6.45, 7) is 4.51. The maximum Gasteiger partial charge on any atom is 0.336 e. The Hall–Kier alpha value is -2.05. The first kappa shape index (κ1) is 14.4. The highest BCUT2D eigenvalue weighted by atomic mass is 16.2. The molecule has 0 spiro atoms. The van der Waals surface area contributed by atoms with Gasteiger partial charge in [0.25, 0.3) is 0 Å². The smallest absolute Gasteiger partial charge is 0.336 e. The third-order valence-corrected chi connectivity index (χ3v) is 3.43. The van der Waals surface area contributed by atoms with Gasteiger partial charge in [0.15, 0.2) is 5.49 Å². The summed E-state index contributed by atoms with van der Waals surface area (Å²) in [6.07, 6.45) is 4.72. The number of aromatic amines is 1. The van der Waals surface area contributed by atoms with Gasteiger partial charge >= 0.3 is 11.7 Å². The van der Waals surface area contributed by atoms with Crippen molar-refractivity contribution in [1.29, 1.82) is 0 Å². The van der Waals surface area contributed by atoms with E-state index in [1.807, 2.05) is 6.92 Å². The van der Waals surface area contributed by atoms with Crippen LogP contribution in [0.3, 0.4) is 0 Å². The number of imidazole rings is 1. The predicted octanol–water partition coefficient (Wildman–Crippen LogP) is -0.427. The number of fused-ring (bicyclic) bond motifs is 1. The minimum absolute atomic E-state index is 0.0343. The van der Waals surface area contributed by atoms with E-state index in [1.165, 1.54) is 4.90 Å². The zero-order valence-electron chi connectivity index (χ0n) is 12.1. The lowest BCUT2D eigenvalue weighted by atomic mass is 10.2. The number of unbranched alkanes of at least 4 members (excludes halogenated alkanes) is 1. The summed E-state index contributed by atoms with van der Waals surface area (Å²) < 4.78 is 1.12. The summed E-state index contributed by atoms with van der Waals surface area (Å²) in [7, 11) is 1.66. The third-order valence-electron chi connectivity index (χ3n) is 3.43. The summed E-state index contributed by atoms with van der Waals surface area (Å²) in [4.78, 5) is 32.7. The van der Waals surface area contributed by atoms with Crippen molar-refractivity contribution >= 4 is 12.2 Å². The van der Waals surface area contributed by atoms with Crippen molar-refractivity contribution in [1.82, 2.24) is 19.8 Å². The molecule has 0 aliphatic carbocycles. The van der Waals surface area contributed by atoms with Gasteiger partial charge in [0, 0.05) is 19.8 Å². The van der Waals surface area contributed by atoms with Gasteiger partial charge in [-0.1, -0.05) is 13.3 Å². The first-order valence-corrected chi connectivity index (χ1v) is 6.99. The van der Waals surface area contributed by atoms with E-state index in [2.05, 4.69) is 22.2 Å². The van der Waals surface area contributed by atoms with Gasteiger partial charge in [-0.15, -0.1) is 0 Å². The Morgan fingerprint density at radius 2 is 2.25 bits per heavy atom. The molecule has 110 valence electrons. The highest BCUT2D eigenvalue weighted by Crippen LogP contribution is 2.01. The Balaban J connectivity index is 2.39. The lowest BCUT2D eigenvalue weighted by Crippen LogP contribution is -2.47. The zero-order valence-corrected chi connectivity index (χ0v) is 12.1. The number of carbonyl (C=O) groups is 1. The van der Waals surface area contributed by atoms with Crippen LogP contribution < -0.4 is 21.8 Å². The average Bonchev–Trinajstić information content (AvgIpc) is 2.78. The van der Waals surface area contributed by atoms with E-state index in [9.17, 15) is 9.59 Å². The van der Waals surface area contributed by atoms with Crippen molar-refractivity contribution < 1.29 is 4.79 Å². The summed E-state index contributed by atoms with van der Waals surface area (Å²) >= 11 is 0. The van der Waals surface area contributed by atoms with Crippen molar-refractivity contribution in [2.45, 2.75) is 39.3 Å². The second-order valence-electron chi connectivity index (χ2n) is 4.89. The summed E-state index contributed by atoms with van der Waals surface area (Å²) in [5.41, 5.74) is 0.0333. The fraction of sp³-hybridized carbons (Fsp3) is 0.615. The Labute approximate surface area is 117 Å². The molecule has 7 nitrogen and oxygen atoms in total. The largest absolute Gasteiger partial charge is 0.368 e. The second kappa shape index (κ2) is 5.94. The molecule has 1 atom stereocenters. The van der Waals surface area contributed by atoms with E-state index in [0.717, 1.165) is 23.8 Å². The number of aromatic nitrogens is 2. The van der Waals surface area contributed by atoms with E-state index in [1.54, 1.807) is 13.2 Å². The molecule has 0 radical (unpaired) electrons. The van der Waals surface area contributed by atoms with Crippen LogP contribution in [0.5, 0.6) is 0 Å². The summed E-state index contributed by atoms with van der Waals surface area (Å²) in [6, 6.07) is -0.352. The van der Waals surface area contributed by atoms with Gasteiger partial charge in [0.1, 0.15) is 11.5 Å². The molecule has 1 aliphatic heterocycles.